The van der Waals surface area contributed by atoms with Crippen LogP contribution in [0, 0.1) is 6.92 Å². The number of ether oxygens (including phenoxy) is 1. The van der Waals surface area contributed by atoms with Gasteiger partial charge in [0.25, 0.3) is 0 Å². The van der Waals surface area contributed by atoms with E-state index in [1.54, 1.807) is 7.05 Å². The van der Waals surface area contributed by atoms with Gasteiger partial charge < -0.3 is 19.2 Å². The maximum atomic E-state index is 12.2. The Morgan fingerprint density at radius 1 is 1.22 bits per heavy atom. The summed E-state index contributed by atoms with van der Waals surface area (Å²) in [6.07, 6.45) is -4.26. The number of halogens is 3. The number of rotatable bonds is 7. The molecule has 0 fully saturated rings. The quantitative estimate of drug-likeness (QED) is 0.785. The Kier molecular flexibility index (Phi) is 6.14. The molecule has 0 saturated carbocycles. The topological polar surface area (TPSA) is 80.0 Å². The van der Waals surface area contributed by atoms with Crippen LogP contribution in [0.2, 0.25) is 0 Å². The SMILES string of the molecule is Cc1oc(CN(C)C(=O)CCc2ccc(OC(F)(F)F)cc2)cc1C(=O)O. The second kappa shape index (κ2) is 8.15. The van der Waals surface area contributed by atoms with Gasteiger partial charge in [-0.1, -0.05) is 12.1 Å². The molecular weight excluding hydrogens is 367 g/mol. The Balaban J connectivity index is 1.87. The average Bonchev–Trinajstić information content (AvgIpc) is 2.93. The first-order chi connectivity index (χ1) is 12.5. The molecule has 0 aliphatic heterocycles. The first-order valence-corrected chi connectivity index (χ1v) is 7.96. The third-order valence-electron chi connectivity index (χ3n) is 3.80. The molecule has 1 N–H and O–H groups in total. The standard InChI is InChI=1S/C18H18F3NO5/c1-11-15(17(24)25)9-14(26-11)10-22(2)16(23)8-5-12-3-6-13(7-4-12)27-18(19,20)21/h3-4,6-7,9H,5,8,10H2,1-2H3,(H,24,25). The largest absolute Gasteiger partial charge is 0.573 e. The fourth-order valence-electron chi connectivity index (χ4n) is 2.46. The maximum absolute atomic E-state index is 12.2. The monoisotopic (exact) mass is 385 g/mol. The lowest BCUT2D eigenvalue weighted by Crippen LogP contribution is -2.26. The number of carboxylic acid groups (broad SMARTS) is 1. The van der Waals surface area contributed by atoms with Crippen LogP contribution in [-0.4, -0.2) is 35.3 Å². The summed E-state index contributed by atoms with van der Waals surface area (Å²) < 4.78 is 45.5. The lowest BCUT2D eigenvalue weighted by Gasteiger charge is -2.15. The lowest BCUT2D eigenvalue weighted by atomic mass is 10.1. The zero-order chi connectivity index (χ0) is 20.2. The van der Waals surface area contributed by atoms with Gasteiger partial charge in [-0.05, 0) is 37.1 Å². The van der Waals surface area contributed by atoms with Crippen molar-refractivity contribution in [2.24, 2.45) is 0 Å². The van der Waals surface area contributed by atoms with Gasteiger partial charge in [0.1, 0.15) is 22.8 Å². The van der Waals surface area contributed by atoms with Crippen molar-refractivity contribution < 1.29 is 37.0 Å². The van der Waals surface area contributed by atoms with Gasteiger partial charge >= 0.3 is 12.3 Å². The normalized spacial score (nSPS) is 11.3. The van der Waals surface area contributed by atoms with Crippen LogP contribution in [-0.2, 0) is 17.8 Å². The van der Waals surface area contributed by atoms with E-state index in [0.29, 0.717) is 17.7 Å². The van der Waals surface area contributed by atoms with Gasteiger partial charge in [0, 0.05) is 13.5 Å². The van der Waals surface area contributed by atoms with E-state index in [4.69, 9.17) is 9.52 Å². The Labute approximate surface area is 153 Å². The lowest BCUT2D eigenvalue weighted by molar-refractivity contribution is -0.274. The number of aromatic carboxylic acids is 1. The van der Waals surface area contributed by atoms with Crippen molar-refractivity contribution >= 4 is 11.9 Å². The Hall–Kier alpha value is -2.97. The van der Waals surface area contributed by atoms with E-state index in [2.05, 4.69) is 4.74 Å². The number of hydrogen-bond acceptors (Lipinski definition) is 4. The van der Waals surface area contributed by atoms with Crippen molar-refractivity contribution in [2.45, 2.75) is 32.7 Å². The van der Waals surface area contributed by atoms with Gasteiger partial charge in [-0.2, -0.15) is 0 Å². The minimum absolute atomic E-state index is 0.0482. The van der Waals surface area contributed by atoms with Gasteiger partial charge in [0.05, 0.1) is 6.54 Å². The fourth-order valence-corrected chi connectivity index (χ4v) is 2.46. The highest BCUT2D eigenvalue weighted by atomic mass is 19.4. The maximum Gasteiger partial charge on any atom is 0.573 e. The predicted molar refractivity (Wildman–Crippen MR) is 88.3 cm³/mol. The van der Waals surface area contributed by atoms with Crippen LogP contribution in [0.4, 0.5) is 13.2 Å². The summed E-state index contributed by atoms with van der Waals surface area (Å²) in [6, 6.07) is 6.68. The molecule has 0 spiro atoms. The summed E-state index contributed by atoms with van der Waals surface area (Å²) in [5, 5.41) is 9.00. The molecule has 1 amide bonds. The number of hydrogen-bond donors (Lipinski definition) is 1. The van der Waals surface area contributed by atoms with Crippen LogP contribution in [0.1, 0.15) is 33.9 Å². The molecule has 1 aromatic heterocycles. The van der Waals surface area contributed by atoms with E-state index < -0.39 is 12.3 Å². The fraction of sp³-hybridized carbons (Fsp3) is 0.333. The summed E-state index contributed by atoms with van der Waals surface area (Å²) in [4.78, 5) is 24.6. The predicted octanol–water partition coefficient (Wildman–Crippen LogP) is 3.78. The molecule has 0 radical (unpaired) electrons. The van der Waals surface area contributed by atoms with Gasteiger partial charge in [-0.3, -0.25) is 4.79 Å². The molecule has 1 aromatic carbocycles. The van der Waals surface area contributed by atoms with Crippen molar-refractivity contribution in [3.63, 3.8) is 0 Å². The molecule has 9 heteroatoms. The van der Waals surface area contributed by atoms with E-state index in [9.17, 15) is 22.8 Å². The molecule has 2 rings (SSSR count). The number of carboxylic acids is 1. The van der Waals surface area contributed by atoms with Crippen LogP contribution in [0.3, 0.4) is 0 Å². The Morgan fingerprint density at radius 2 is 1.85 bits per heavy atom. The highest BCUT2D eigenvalue weighted by Crippen LogP contribution is 2.23. The molecule has 0 saturated heterocycles. The summed E-state index contributed by atoms with van der Waals surface area (Å²) in [7, 11) is 1.56. The number of carbonyl (C=O) groups is 2. The van der Waals surface area contributed by atoms with Gasteiger partial charge in [0.15, 0.2) is 0 Å². The van der Waals surface area contributed by atoms with E-state index in [1.165, 1.54) is 42.2 Å². The first-order valence-electron chi connectivity index (χ1n) is 7.96. The van der Waals surface area contributed by atoms with E-state index in [1.807, 2.05) is 0 Å². The molecule has 0 aliphatic rings. The summed E-state index contributed by atoms with van der Waals surface area (Å²) in [5.41, 5.74) is 0.736. The van der Waals surface area contributed by atoms with E-state index in [0.717, 1.165) is 0 Å². The molecule has 0 bridgehead atoms. The minimum Gasteiger partial charge on any atom is -0.478 e. The molecular formula is C18H18F3NO5. The van der Waals surface area contributed by atoms with Crippen LogP contribution >= 0.6 is 0 Å². The molecule has 0 aliphatic carbocycles. The number of furan rings is 1. The molecule has 0 unspecified atom stereocenters. The van der Waals surface area contributed by atoms with Gasteiger partial charge in [-0.25, -0.2) is 4.79 Å². The van der Waals surface area contributed by atoms with Crippen molar-refractivity contribution in [2.75, 3.05) is 7.05 Å². The van der Waals surface area contributed by atoms with Crippen molar-refractivity contribution in [3.8, 4) is 5.75 Å². The van der Waals surface area contributed by atoms with Crippen molar-refractivity contribution in [3.05, 3.63) is 53.0 Å². The second-order valence-electron chi connectivity index (χ2n) is 5.93. The molecule has 27 heavy (non-hydrogen) atoms. The van der Waals surface area contributed by atoms with Gasteiger partial charge in [0.2, 0.25) is 5.91 Å². The van der Waals surface area contributed by atoms with Crippen LogP contribution in [0.25, 0.3) is 0 Å². The summed E-state index contributed by atoms with van der Waals surface area (Å²) in [6.45, 7) is 1.65. The number of nitrogens with zero attached hydrogens (tertiary/aromatic N) is 1. The molecule has 146 valence electrons. The third kappa shape index (κ3) is 6.05. The highest BCUT2D eigenvalue weighted by Gasteiger charge is 2.30. The number of benzene rings is 1. The van der Waals surface area contributed by atoms with Gasteiger partial charge in [-0.15, -0.1) is 13.2 Å². The molecule has 1 heterocycles. The summed E-state index contributed by atoms with van der Waals surface area (Å²) in [5.74, 6) is -1.02. The van der Waals surface area contributed by atoms with E-state index in [-0.39, 0.29) is 35.9 Å². The molecule has 2 aromatic rings. The summed E-state index contributed by atoms with van der Waals surface area (Å²) >= 11 is 0. The second-order valence-corrected chi connectivity index (χ2v) is 5.93. The van der Waals surface area contributed by atoms with Crippen molar-refractivity contribution in [1.29, 1.82) is 0 Å². The minimum atomic E-state index is -4.75. The zero-order valence-corrected chi connectivity index (χ0v) is 14.7. The van der Waals surface area contributed by atoms with Crippen molar-refractivity contribution in [1.82, 2.24) is 4.90 Å². The number of alkyl halides is 3. The highest BCUT2D eigenvalue weighted by molar-refractivity contribution is 5.88. The number of amides is 1. The third-order valence-corrected chi connectivity index (χ3v) is 3.80. The van der Waals surface area contributed by atoms with E-state index >= 15 is 0 Å². The average molecular weight is 385 g/mol. The first kappa shape index (κ1) is 20.3. The van der Waals surface area contributed by atoms with Crippen LogP contribution in [0.5, 0.6) is 5.75 Å². The molecule has 6 nitrogen and oxygen atoms in total. The zero-order valence-electron chi connectivity index (χ0n) is 14.7. The van der Waals surface area contributed by atoms with Crippen LogP contribution < -0.4 is 4.74 Å². The number of aryl methyl sites for hydroxylation is 2. The van der Waals surface area contributed by atoms with Crippen LogP contribution in [0.15, 0.2) is 34.7 Å². The number of carbonyl (C=O) groups excluding carboxylic acids is 1. The smallest absolute Gasteiger partial charge is 0.478 e. The molecule has 0 atom stereocenters. The Morgan fingerprint density at radius 3 is 2.37 bits per heavy atom. The Bertz CT molecular complexity index is 811.